The molecule has 0 radical (unpaired) electrons. The van der Waals surface area contributed by atoms with Gasteiger partial charge in [0.15, 0.2) is 5.85 Å². The van der Waals surface area contributed by atoms with E-state index in [4.69, 9.17) is 9.26 Å². The molecule has 0 saturated heterocycles. The van der Waals surface area contributed by atoms with E-state index in [0.717, 1.165) is 11.3 Å². The summed E-state index contributed by atoms with van der Waals surface area (Å²) in [5, 5.41) is 11.5. The molecule has 29 heavy (non-hydrogen) atoms. The van der Waals surface area contributed by atoms with E-state index in [1.165, 1.54) is 0 Å². The van der Waals surface area contributed by atoms with Crippen LogP contribution in [0.3, 0.4) is 0 Å². The van der Waals surface area contributed by atoms with Crippen molar-refractivity contribution in [3.63, 3.8) is 0 Å². The third-order valence-corrected chi connectivity index (χ3v) is 7.20. The second kappa shape index (κ2) is 9.27. The van der Waals surface area contributed by atoms with Crippen LogP contribution in [0, 0.1) is 0 Å². The van der Waals surface area contributed by atoms with Crippen LogP contribution in [-0.4, -0.2) is 26.3 Å². The Balaban J connectivity index is 1.95. The molecule has 0 aliphatic heterocycles. The zero-order chi connectivity index (χ0) is 20.9. The van der Waals surface area contributed by atoms with Crippen molar-refractivity contribution >= 4 is 18.4 Å². The summed E-state index contributed by atoms with van der Waals surface area (Å²) >= 11 is 0. The van der Waals surface area contributed by atoms with E-state index in [2.05, 4.69) is 0 Å². The van der Waals surface area contributed by atoms with Gasteiger partial charge in [-0.1, -0.05) is 42.5 Å². The lowest BCUT2D eigenvalue weighted by molar-refractivity contribution is 0.210. The second-order valence-electron chi connectivity index (χ2n) is 6.91. The molecule has 0 bridgehead atoms. The summed E-state index contributed by atoms with van der Waals surface area (Å²) < 4.78 is 25.1. The van der Waals surface area contributed by atoms with Gasteiger partial charge < -0.3 is 19.3 Å². The number of ether oxygens (including phenoxy) is 1. The highest BCUT2D eigenvalue weighted by molar-refractivity contribution is 7.67. The van der Waals surface area contributed by atoms with Crippen molar-refractivity contribution in [2.24, 2.45) is 0 Å². The number of anilines is 1. The molecule has 3 aromatic rings. The molecular weight excluding hydrogens is 385 g/mol. The van der Waals surface area contributed by atoms with Gasteiger partial charge in [-0.3, -0.25) is 4.57 Å². The number of aliphatic hydroxyl groups is 1. The third kappa shape index (κ3) is 4.88. The molecule has 0 saturated carbocycles. The molecule has 1 N–H and O–H groups in total. The van der Waals surface area contributed by atoms with Crippen molar-refractivity contribution in [1.29, 1.82) is 0 Å². The SMILES string of the molecule is COc1ccc([C@@H](O)[P@@](=O)(OCc2ccccc2)c2ccc(N(C)C)cc2)cc1. The minimum atomic E-state index is -3.63. The van der Waals surface area contributed by atoms with Gasteiger partial charge in [-0.25, -0.2) is 0 Å². The molecule has 0 amide bonds. The van der Waals surface area contributed by atoms with Gasteiger partial charge in [0.2, 0.25) is 0 Å². The van der Waals surface area contributed by atoms with Gasteiger partial charge in [-0.15, -0.1) is 0 Å². The lowest BCUT2D eigenvalue weighted by atomic mass is 10.2. The zero-order valence-corrected chi connectivity index (χ0v) is 17.8. The van der Waals surface area contributed by atoms with Crippen LogP contribution < -0.4 is 14.9 Å². The smallest absolute Gasteiger partial charge is 0.264 e. The first kappa shape index (κ1) is 21.1. The number of methoxy groups -OCH3 is 1. The van der Waals surface area contributed by atoms with Crippen LogP contribution in [0.15, 0.2) is 78.9 Å². The van der Waals surface area contributed by atoms with E-state index in [9.17, 15) is 9.67 Å². The maximum Gasteiger partial charge on any atom is 0.264 e. The third-order valence-electron chi connectivity index (χ3n) is 4.73. The van der Waals surface area contributed by atoms with Gasteiger partial charge in [0.25, 0.3) is 7.37 Å². The van der Waals surface area contributed by atoms with Gasteiger partial charge >= 0.3 is 0 Å². The van der Waals surface area contributed by atoms with Crippen LogP contribution in [0.5, 0.6) is 5.75 Å². The van der Waals surface area contributed by atoms with Crippen LogP contribution in [0.2, 0.25) is 0 Å². The number of nitrogens with zero attached hydrogens (tertiary/aromatic N) is 1. The molecular formula is C23H26NO4P. The molecule has 0 fully saturated rings. The van der Waals surface area contributed by atoms with Gasteiger partial charge in [0, 0.05) is 25.1 Å². The minimum Gasteiger partial charge on any atom is -0.497 e. The molecule has 0 unspecified atom stereocenters. The van der Waals surface area contributed by atoms with Gasteiger partial charge in [-0.05, 0) is 47.5 Å². The highest BCUT2D eigenvalue weighted by Crippen LogP contribution is 2.58. The molecule has 0 spiro atoms. The van der Waals surface area contributed by atoms with Gasteiger partial charge in [-0.2, -0.15) is 0 Å². The van der Waals surface area contributed by atoms with Crippen molar-refractivity contribution in [2.75, 3.05) is 26.1 Å². The van der Waals surface area contributed by atoms with E-state index in [-0.39, 0.29) is 6.61 Å². The minimum absolute atomic E-state index is 0.140. The van der Waals surface area contributed by atoms with Crippen molar-refractivity contribution in [3.05, 3.63) is 90.0 Å². The fourth-order valence-electron chi connectivity index (χ4n) is 2.96. The molecule has 0 aromatic heterocycles. The number of aliphatic hydroxyl groups excluding tert-OH is 1. The number of hydrogen-bond acceptors (Lipinski definition) is 5. The van der Waals surface area contributed by atoms with Crippen LogP contribution in [-0.2, 0) is 15.7 Å². The Kier molecular flexibility index (Phi) is 6.75. The largest absolute Gasteiger partial charge is 0.497 e. The van der Waals surface area contributed by atoms with Gasteiger partial charge in [0.05, 0.1) is 13.7 Å². The predicted octanol–water partition coefficient (Wildman–Crippen LogP) is 4.57. The number of rotatable bonds is 8. The fraction of sp³-hybridized carbons (Fsp3) is 0.217. The van der Waals surface area contributed by atoms with E-state index in [1.54, 1.807) is 43.5 Å². The van der Waals surface area contributed by atoms with Crippen molar-refractivity contribution in [3.8, 4) is 5.75 Å². The molecule has 152 valence electrons. The fourth-order valence-corrected chi connectivity index (χ4v) is 5.00. The average Bonchev–Trinajstić information content (AvgIpc) is 2.77. The first-order valence-corrected chi connectivity index (χ1v) is 11.0. The zero-order valence-electron chi connectivity index (χ0n) is 16.9. The Morgan fingerprint density at radius 3 is 2.10 bits per heavy atom. The van der Waals surface area contributed by atoms with Crippen LogP contribution >= 0.6 is 7.37 Å². The van der Waals surface area contributed by atoms with Crippen molar-refractivity contribution in [2.45, 2.75) is 12.5 Å². The Bertz CT molecular complexity index is 956. The molecule has 3 rings (SSSR count). The molecule has 5 nitrogen and oxygen atoms in total. The summed E-state index contributed by atoms with van der Waals surface area (Å²) in [5.74, 6) is -0.626. The van der Waals surface area contributed by atoms with E-state index >= 15 is 0 Å². The van der Waals surface area contributed by atoms with Crippen molar-refractivity contribution in [1.82, 2.24) is 0 Å². The highest BCUT2D eigenvalue weighted by atomic mass is 31.2. The highest BCUT2D eigenvalue weighted by Gasteiger charge is 2.36. The van der Waals surface area contributed by atoms with Crippen LogP contribution in [0.4, 0.5) is 5.69 Å². The number of hydrogen-bond donors (Lipinski definition) is 1. The Labute approximate surface area is 172 Å². The molecule has 6 heteroatoms. The molecule has 2 atom stereocenters. The molecule has 3 aromatic carbocycles. The summed E-state index contributed by atoms with van der Waals surface area (Å²) in [5.41, 5.74) is 2.38. The average molecular weight is 411 g/mol. The summed E-state index contributed by atoms with van der Waals surface area (Å²) in [6, 6.07) is 23.6. The normalized spacial score (nSPS) is 14.1. The summed E-state index contributed by atoms with van der Waals surface area (Å²) in [6.07, 6.45) is 0. The molecule has 0 aliphatic carbocycles. The first-order valence-electron chi connectivity index (χ1n) is 9.32. The first-order chi connectivity index (χ1) is 13.9. The van der Waals surface area contributed by atoms with E-state index < -0.39 is 13.2 Å². The predicted molar refractivity (Wildman–Crippen MR) is 117 cm³/mol. The molecule has 0 aliphatic rings. The summed E-state index contributed by atoms with van der Waals surface area (Å²) in [7, 11) is 1.82. The van der Waals surface area contributed by atoms with Gasteiger partial charge in [0.1, 0.15) is 5.75 Å². The lowest BCUT2D eigenvalue weighted by Crippen LogP contribution is -2.16. The number of benzene rings is 3. The maximum atomic E-state index is 14.0. The Morgan fingerprint density at radius 1 is 0.931 bits per heavy atom. The van der Waals surface area contributed by atoms with Crippen LogP contribution in [0.25, 0.3) is 0 Å². The molecule has 0 heterocycles. The topological polar surface area (TPSA) is 59.0 Å². The summed E-state index contributed by atoms with van der Waals surface area (Å²) in [4.78, 5) is 1.96. The van der Waals surface area contributed by atoms with E-state index in [0.29, 0.717) is 16.6 Å². The Hall–Kier alpha value is -2.59. The maximum absolute atomic E-state index is 14.0. The van der Waals surface area contributed by atoms with E-state index in [1.807, 2.05) is 61.5 Å². The Morgan fingerprint density at radius 2 is 1.55 bits per heavy atom. The lowest BCUT2D eigenvalue weighted by Gasteiger charge is -2.25. The summed E-state index contributed by atoms with van der Waals surface area (Å²) in [6.45, 7) is 0.140. The monoisotopic (exact) mass is 411 g/mol. The standard InChI is InChI=1S/C23H26NO4P/c1-24(2)20-11-15-22(16-12-20)29(26,28-17-18-7-5-4-6-8-18)23(25)19-9-13-21(27-3)14-10-19/h4-16,23,25H,17H2,1-3H3/t23-,29-/m0/s1. The van der Waals surface area contributed by atoms with Crippen molar-refractivity contribution < 1.29 is 18.9 Å². The quantitative estimate of drug-likeness (QED) is 0.550. The second-order valence-corrected chi connectivity index (χ2v) is 9.37. The van der Waals surface area contributed by atoms with Crippen LogP contribution in [0.1, 0.15) is 17.0 Å².